The van der Waals surface area contributed by atoms with Gasteiger partial charge in [-0.2, -0.15) is 5.10 Å². The molecule has 0 radical (unpaired) electrons. The van der Waals surface area contributed by atoms with Gasteiger partial charge in [0, 0.05) is 0 Å². The fraction of sp³-hybridized carbons (Fsp3) is 0.429. The summed E-state index contributed by atoms with van der Waals surface area (Å²) in [5.41, 5.74) is 8.64. The Kier molecular flexibility index (Phi) is 25.4. The Balaban J connectivity index is -0.000000328. The Morgan fingerprint density at radius 2 is 1.50 bits per heavy atom. The summed E-state index contributed by atoms with van der Waals surface area (Å²) in [6, 6.07) is 9.68. The van der Waals surface area contributed by atoms with Gasteiger partial charge in [-0.05, 0) is 17.8 Å². The van der Waals surface area contributed by atoms with Crippen LogP contribution < -0.4 is 11.2 Å². The number of hydrogen-bond acceptors (Lipinski definition) is 2. The van der Waals surface area contributed by atoms with Crippen molar-refractivity contribution in [1.29, 1.82) is 0 Å². The third kappa shape index (κ3) is 17.0. The second kappa shape index (κ2) is 20.9. The van der Waals surface area contributed by atoms with Crippen LogP contribution in [0.4, 0.5) is 0 Å². The van der Waals surface area contributed by atoms with Crippen LogP contribution in [0, 0.1) is 0 Å². The monoisotopic (exact) mass is 269 g/mol. The quantitative estimate of drug-likeness (QED) is 0.486. The molecule has 0 aromatic heterocycles. The molecule has 0 bridgehead atoms. The first kappa shape index (κ1) is 21.8. The molecule has 3 N–H and O–H groups in total. The molecule has 0 heterocycles. The van der Waals surface area contributed by atoms with E-state index in [1.807, 2.05) is 71.9 Å². The Labute approximate surface area is 117 Å². The first-order valence-electron chi connectivity index (χ1n) is 6.42. The van der Waals surface area contributed by atoms with Crippen LogP contribution in [0.5, 0.6) is 0 Å². The standard InChI is InChI=1S/C8H9N3S.3C2H6/c9-8(12)11-10-6-7-4-2-1-3-5-7;3*1-2/h1-6H,(H3,9,11,12);3*1-2H3/b10-6+;;;. The molecular formula is C14H27N3S. The van der Waals surface area contributed by atoms with Gasteiger partial charge in [0.05, 0.1) is 6.21 Å². The van der Waals surface area contributed by atoms with Crippen molar-refractivity contribution >= 4 is 23.5 Å². The van der Waals surface area contributed by atoms with Crippen LogP contribution in [-0.2, 0) is 0 Å². The van der Waals surface area contributed by atoms with Gasteiger partial charge in [-0.15, -0.1) is 0 Å². The average molecular weight is 269 g/mol. The third-order valence-corrected chi connectivity index (χ3v) is 1.28. The molecule has 0 aliphatic rings. The highest BCUT2D eigenvalue weighted by molar-refractivity contribution is 7.80. The van der Waals surface area contributed by atoms with Crippen molar-refractivity contribution in [3.05, 3.63) is 35.9 Å². The van der Waals surface area contributed by atoms with Crippen LogP contribution in [0.15, 0.2) is 35.4 Å². The lowest BCUT2D eigenvalue weighted by atomic mass is 10.2. The van der Waals surface area contributed by atoms with Crippen LogP contribution in [0.25, 0.3) is 0 Å². The highest BCUT2D eigenvalue weighted by Gasteiger charge is 1.83. The number of nitrogens with one attached hydrogen (secondary N) is 1. The van der Waals surface area contributed by atoms with Crippen molar-refractivity contribution < 1.29 is 0 Å². The van der Waals surface area contributed by atoms with E-state index in [1.165, 1.54) is 0 Å². The fourth-order valence-electron chi connectivity index (χ4n) is 0.710. The largest absolute Gasteiger partial charge is 0.375 e. The molecule has 18 heavy (non-hydrogen) atoms. The van der Waals surface area contributed by atoms with Crippen molar-refractivity contribution in [2.24, 2.45) is 10.8 Å². The molecule has 0 spiro atoms. The maximum absolute atomic E-state index is 5.16. The summed E-state index contributed by atoms with van der Waals surface area (Å²) in [6.07, 6.45) is 1.65. The molecule has 0 amide bonds. The van der Waals surface area contributed by atoms with Crippen molar-refractivity contribution in [2.45, 2.75) is 41.5 Å². The van der Waals surface area contributed by atoms with Gasteiger partial charge >= 0.3 is 0 Å². The van der Waals surface area contributed by atoms with E-state index < -0.39 is 0 Å². The maximum atomic E-state index is 5.16. The normalized spacial score (nSPS) is 7.67. The molecular weight excluding hydrogens is 242 g/mol. The van der Waals surface area contributed by atoms with Gasteiger partial charge in [0.2, 0.25) is 0 Å². The molecule has 0 aliphatic carbocycles. The Morgan fingerprint density at radius 3 is 1.89 bits per heavy atom. The number of thiocarbonyl (C=S) groups is 1. The van der Waals surface area contributed by atoms with Gasteiger partial charge in [-0.3, -0.25) is 5.43 Å². The lowest BCUT2D eigenvalue weighted by molar-refractivity contribution is 1.04. The van der Waals surface area contributed by atoms with Gasteiger partial charge in [-0.1, -0.05) is 71.9 Å². The molecule has 0 atom stereocenters. The van der Waals surface area contributed by atoms with E-state index in [0.29, 0.717) is 0 Å². The molecule has 0 saturated carbocycles. The summed E-state index contributed by atoms with van der Waals surface area (Å²) in [7, 11) is 0. The van der Waals surface area contributed by atoms with E-state index in [4.69, 9.17) is 5.73 Å². The second-order valence-corrected chi connectivity index (χ2v) is 2.58. The summed E-state index contributed by atoms with van der Waals surface area (Å²) in [5.74, 6) is 0. The van der Waals surface area contributed by atoms with Crippen LogP contribution in [0.3, 0.4) is 0 Å². The average Bonchev–Trinajstić information content (AvgIpc) is 2.46. The minimum Gasteiger partial charge on any atom is -0.375 e. The van der Waals surface area contributed by atoms with Gasteiger partial charge in [0.25, 0.3) is 0 Å². The summed E-state index contributed by atoms with van der Waals surface area (Å²) in [5, 5.41) is 3.97. The second-order valence-electron chi connectivity index (χ2n) is 2.14. The first-order chi connectivity index (χ1) is 8.79. The van der Waals surface area contributed by atoms with Crippen molar-refractivity contribution in [3.63, 3.8) is 0 Å². The number of rotatable bonds is 2. The number of hydrazone groups is 1. The summed E-state index contributed by atoms with van der Waals surface area (Å²) in [4.78, 5) is 0. The number of hydrogen-bond donors (Lipinski definition) is 2. The zero-order chi connectivity index (χ0) is 14.8. The van der Waals surface area contributed by atoms with Crippen molar-refractivity contribution in [3.8, 4) is 0 Å². The molecule has 3 nitrogen and oxygen atoms in total. The highest BCUT2D eigenvalue weighted by Crippen LogP contribution is 1.92. The van der Waals surface area contributed by atoms with Crippen molar-refractivity contribution in [1.82, 2.24) is 5.43 Å². The number of nitrogens with two attached hydrogens (primary N) is 1. The molecule has 0 saturated heterocycles. The van der Waals surface area contributed by atoms with E-state index in [0.717, 1.165) is 5.56 Å². The SMILES string of the molecule is CC.CC.CC.NC(=S)N/N=C/c1ccccc1. The van der Waals surface area contributed by atoms with Crippen LogP contribution in [0.2, 0.25) is 0 Å². The predicted molar refractivity (Wildman–Crippen MR) is 88.0 cm³/mol. The Hall–Kier alpha value is -1.42. The van der Waals surface area contributed by atoms with Crippen molar-refractivity contribution in [2.75, 3.05) is 0 Å². The molecule has 0 aliphatic heterocycles. The molecule has 0 unspecified atom stereocenters. The van der Waals surface area contributed by atoms with Gasteiger partial charge in [0.15, 0.2) is 5.11 Å². The molecule has 1 aromatic rings. The molecule has 1 rings (SSSR count). The zero-order valence-electron chi connectivity index (χ0n) is 12.4. The van der Waals surface area contributed by atoms with Gasteiger partial charge in [-0.25, -0.2) is 0 Å². The number of nitrogens with zero attached hydrogens (tertiary/aromatic N) is 1. The van der Waals surface area contributed by atoms with Crippen LogP contribution >= 0.6 is 12.2 Å². The summed E-state index contributed by atoms with van der Waals surface area (Å²) in [6.45, 7) is 12.0. The van der Waals surface area contributed by atoms with E-state index in [9.17, 15) is 0 Å². The topological polar surface area (TPSA) is 50.4 Å². The predicted octanol–water partition coefficient (Wildman–Crippen LogP) is 3.93. The molecule has 1 aromatic carbocycles. The van der Waals surface area contributed by atoms with Crippen LogP contribution in [0.1, 0.15) is 47.1 Å². The van der Waals surface area contributed by atoms with E-state index >= 15 is 0 Å². The molecule has 0 fully saturated rings. The lowest BCUT2D eigenvalue weighted by Crippen LogP contribution is -2.23. The van der Waals surface area contributed by atoms with Crippen LogP contribution in [-0.4, -0.2) is 11.3 Å². The Bertz CT molecular complexity index is 284. The molecule has 4 heteroatoms. The first-order valence-corrected chi connectivity index (χ1v) is 6.83. The minimum absolute atomic E-state index is 0.169. The zero-order valence-corrected chi connectivity index (χ0v) is 13.2. The Morgan fingerprint density at radius 1 is 1.06 bits per heavy atom. The minimum atomic E-state index is 0.169. The van der Waals surface area contributed by atoms with E-state index in [1.54, 1.807) is 6.21 Å². The molecule has 104 valence electrons. The summed E-state index contributed by atoms with van der Waals surface area (Å²) < 4.78 is 0. The fourth-order valence-corrected chi connectivity index (χ4v) is 0.762. The highest BCUT2D eigenvalue weighted by atomic mass is 32.1. The summed E-state index contributed by atoms with van der Waals surface area (Å²) >= 11 is 4.56. The third-order valence-electron chi connectivity index (χ3n) is 1.19. The van der Waals surface area contributed by atoms with Gasteiger partial charge < -0.3 is 5.73 Å². The number of benzene rings is 1. The smallest absolute Gasteiger partial charge is 0.184 e. The van der Waals surface area contributed by atoms with Gasteiger partial charge in [0.1, 0.15) is 0 Å². The van der Waals surface area contributed by atoms with E-state index in [2.05, 4.69) is 22.7 Å². The van der Waals surface area contributed by atoms with E-state index in [-0.39, 0.29) is 5.11 Å². The lowest BCUT2D eigenvalue weighted by Gasteiger charge is -1.93. The maximum Gasteiger partial charge on any atom is 0.184 e.